The molecule has 0 atom stereocenters. The van der Waals surface area contributed by atoms with Gasteiger partial charge < -0.3 is 0 Å². The summed E-state index contributed by atoms with van der Waals surface area (Å²) in [4.78, 5) is 0. The summed E-state index contributed by atoms with van der Waals surface area (Å²) in [5.74, 6) is -0.216. The Bertz CT molecular complexity index is 241. The van der Waals surface area contributed by atoms with Crippen molar-refractivity contribution < 1.29 is 4.39 Å². The minimum absolute atomic E-state index is 0.216. The molecule has 0 amide bonds. The van der Waals surface area contributed by atoms with E-state index in [1.54, 1.807) is 6.07 Å². The van der Waals surface area contributed by atoms with E-state index in [4.69, 9.17) is 11.6 Å². The standard InChI is InChI=1S/C6H3ClF.BrH.Mg/c7-5-1-3-6(8)4-2-5;;/h1,3-4H;1H;/q;;+1/p-1. The number of hydrogen-bond acceptors (Lipinski definition) is 0. The zero-order chi connectivity index (χ0) is 7.56. The molecule has 0 unspecified atom stereocenters. The van der Waals surface area contributed by atoms with Crippen molar-refractivity contribution in [3.05, 3.63) is 29.0 Å². The van der Waals surface area contributed by atoms with E-state index in [-0.39, 0.29) is 5.82 Å². The fourth-order valence-corrected chi connectivity index (χ4v) is 3.36. The van der Waals surface area contributed by atoms with Gasteiger partial charge in [0, 0.05) is 5.02 Å². The van der Waals surface area contributed by atoms with Gasteiger partial charge in [-0.05, 0) is 18.2 Å². The highest BCUT2D eigenvalue weighted by Crippen LogP contribution is 2.06. The van der Waals surface area contributed by atoms with Gasteiger partial charge in [-0.3, -0.25) is 12.9 Å². The van der Waals surface area contributed by atoms with E-state index in [1.165, 1.54) is 12.1 Å². The van der Waals surface area contributed by atoms with E-state index in [0.717, 1.165) is 3.69 Å². The summed E-state index contributed by atoms with van der Waals surface area (Å²) in [5, 5.41) is 0.657. The van der Waals surface area contributed by atoms with Crippen LogP contribution in [0.5, 0.6) is 0 Å². The van der Waals surface area contributed by atoms with Crippen molar-refractivity contribution in [1.29, 1.82) is 0 Å². The summed E-state index contributed by atoms with van der Waals surface area (Å²) in [7, 11) is 0. The van der Waals surface area contributed by atoms with E-state index in [2.05, 4.69) is 12.9 Å². The molecule has 0 saturated carbocycles. The monoisotopic (exact) mass is 232 g/mol. The first-order chi connectivity index (χ1) is 4.74. The maximum atomic E-state index is 12.5. The van der Waals surface area contributed by atoms with Gasteiger partial charge in [0.15, 0.2) is 0 Å². The topological polar surface area (TPSA) is 0 Å². The minimum atomic E-state index is -0.519. The van der Waals surface area contributed by atoms with Gasteiger partial charge in [0.1, 0.15) is 5.82 Å². The van der Waals surface area contributed by atoms with Crippen LogP contribution in [-0.2, 0) is 0 Å². The van der Waals surface area contributed by atoms with Crippen LogP contribution in [0.4, 0.5) is 4.39 Å². The highest BCUT2D eigenvalue weighted by atomic mass is 79.9. The molecule has 1 rings (SSSR count). The summed E-state index contributed by atoms with van der Waals surface area (Å²) in [5.41, 5.74) is 0. The van der Waals surface area contributed by atoms with Gasteiger partial charge in [0.25, 0.3) is 0 Å². The van der Waals surface area contributed by atoms with Crippen molar-refractivity contribution in [3.8, 4) is 0 Å². The zero-order valence-electron chi connectivity index (χ0n) is 5.07. The SMILES string of the molecule is Fc1ccc(Cl)[c]([Mg][Br])c1. The molecule has 0 aliphatic rings. The summed E-state index contributed by atoms with van der Waals surface area (Å²) >= 11 is 8.55. The first-order valence-electron chi connectivity index (χ1n) is 2.74. The van der Waals surface area contributed by atoms with E-state index in [0.29, 0.717) is 5.02 Å². The van der Waals surface area contributed by atoms with Gasteiger partial charge >= 0.3 is 18.2 Å². The molecule has 10 heavy (non-hydrogen) atoms. The average molecular weight is 234 g/mol. The van der Waals surface area contributed by atoms with Crippen molar-refractivity contribution in [1.82, 2.24) is 0 Å². The normalized spacial score (nSPS) is 9.10. The molecule has 0 spiro atoms. The van der Waals surface area contributed by atoms with Gasteiger partial charge in [0.2, 0.25) is 0 Å². The summed E-state index contributed by atoms with van der Waals surface area (Å²) in [6.07, 6.45) is 0. The molecule has 0 saturated heterocycles. The van der Waals surface area contributed by atoms with Crippen LogP contribution >= 0.6 is 24.5 Å². The number of halogens is 3. The number of rotatable bonds is 1. The smallest absolute Gasteiger partial charge is 0.296 e. The Morgan fingerprint density at radius 1 is 1.50 bits per heavy atom. The minimum Gasteiger partial charge on any atom is -0.296 e. The van der Waals surface area contributed by atoms with Crippen molar-refractivity contribution >= 4 is 46.4 Å². The molecular formula is C6H3BrClFMg. The second-order valence-corrected chi connectivity index (χ2v) is 4.99. The Labute approximate surface area is 79.4 Å². The van der Waals surface area contributed by atoms with Gasteiger partial charge in [-0.1, -0.05) is 11.6 Å². The summed E-state index contributed by atoms with van der Waals surface area (Å²) < 4.78 is 13.4. The predicted molar refractivity (Wildman–Crippen MR) is 45.7 cm³/mol. The lowest BCUT2D eigenvalue weighted by Crippen LogP contribution is -2.09. The summed E-state index contributed by atoms with van der Waals surface area (Å²) in [6.45, 7) is 0. The van der Waals surface area contributed by atoms with Crippen molar-refractivity contribution in [3.63, 3.8) is 0 Å². The van der Waals surface area contributed by atoms with E-state index < -0.39 is 18.2 Å². The van der Waals surface area contributed by atoms with Crippen molar-refractivity contribution in [2.45, 2.75) is 0 Å². The van der Waals surface area contributed by atoms with E-state index >= 15 is 0 Å². The molecule has 0 radical (unpaired) electrons. The molecule has 0 bridgehead atoms. The first-order valence-corrected chi connectivity index (χ1v) is 7.72. The van der Waals surface area contributed by atoms with Crippen LogP contribution in [0.25, 0.3) is 0 Å². The van der Waals surface area contributed by atoms with E-state index in [9.17, 15) is 4.39 Å². The fourth-order valence-electron chi connectivity index (χ4n) is 0.646. The Morgan fingerprint density at radius 2 is 2.20 bits per heavy atom. The molecule has 0 aliphatic heterocycles. The molecule has 4 heteroatoms. The molecular weight excluding hydrogens is 231 g/mol. The molecule has 0 fully saturated rings. The Kier molecular flexibility index (Phi) is 3.43. The highest BCUT2D eigenvalue weighted by Gasteiger charge is 2.01. The molecule has 0 aliphatic carbocycles. The van der Waals surface area contributed by atoms with Crippen molar-refractivity contribution in [2.24, 2.45) is 0 Å². The third-order valence-corrected chi connectivity index (χ3v) is 4.43. The molecule has 1 aromatic carbocycles. The van der Waals surface area contributed by atoms with Crippen LogP contribution in [-0.4, -0.2) is 18.2 Å². The lowest BCUT2D eigenvalue weighted by molar-refractivity contribution is 0.629. The lowest BCUT2D eigenvalue weighted by Gasteiger charge is -1.97. The molecule has 1 aromatic rings. The Morgan fingerprint density at radius 3 is 2.70 bits per heavy atom. The van der Waals surface area contributed by atoms with Crippen LogP contribution < -0.4 is 3.69 Å². The van der Waals surface area contributed by atoms with Gasteiger partial charge in [-0.2, -0.15) is 0 Å². The molecule has 0 nitrogen and oxygen atoms in total. The van der Waals surface area contributed by atoms with Crippen LogP contribution in [0, 0.1) is 5.82 Å². The maximum Gasteiger partial charge on any atom is 0.509 e. The van der Waals surface area contributed by atoms with Crippen LogP contribution in [0.3, 0.4) is 0 Å². The zero-order valence-corrected chi connectivity index (χ0v) is 8.83. The summed E-state index contributed by atoms with van der Waals surface area (Å²) in [6, 6.07) is 4.42. The van der Waals surface area contributed by atoms with Crippen LogP contribution in [0.1, 0.15) is 0 Å². The molecule has 0 N–H and O–H groups in total. The Hall–Kier alpha value is 0.686. The third kappa shape index (κ3) is 2.09. The molecule has 50 valence electrons. The molecule has 0 aromatic heterocycles. The second kappa shape index (κ2) is 3.90. The largest absolute Gasteiger partial charge is 0.509 e. The van der Waals surface area contributed by atoms with Crippen LogP contribution in [0.2, 0.25) is 5.02 Å². The lowest BCUT2D eigenvalue weighted by atomic mass is 10.3. The molecule has 0 heterocycles. The predicted octanol–water partition coefficient (Wildman–Crippen LogP) is 2.12. The van der Waals surface area contributed by atoms with Gasteiger partial charge in [0.05, 0.1) is 0 Å². The third-order valence-electron chi connectivity index (χ3n) is 1.15. The Balaban J connectivity index is 3.09. The maximum absolute atomic E-state index is 12.5. The number of hydrogen-bond donors (Lipinski definition) is 0. The highest BCUT2D eigenvalue weighted by molar-refractivity contribution is 9.23. The second-order valence-electron chi connectivity index (χ2n) is 1.87. The van der Waals surface area contributed by atoms with Gasteiger partial charge in [-0.25, -0.2) is 4.39 Å². The quantitative estimate of drug-likeness (QED) is 0.652. The fraction of sp³-hybridized carbons (Fsp3) is 0. The average Bonchev–Trinajstić information content (AvgIpc) is 1.94. The van der Waals surface area contributed by atoms with Crippen molar-refractivity contribution in [2.75, 3.05) is 0 Å². The number of benzene rings is 1. The van der Waals surface area contributed by atoms with E-state index in [1.807, 2.05) is 0 Å². The first kappa shape index (κ1) is 8.78. The van der Waals surface area contributed by atoms with Crippen LogP contribution in [0.15, 0.2) is 18.2 Å². The van der Waals surface area contributed by atoms with Gasteiger partial charge in [-0.15, -0.1) is 3.69 Å².